The monoisotopic (exact) mass is 201 g/mol. The predicted molar refractivity (Wildman–Crippen MR) is 52.6 cm³/mol. The topological polar surface area (TPSA) is 76.7 Å². The van der Waals surface area contributed by atoms with Crippen LogP contribution < -0.4 is 11.1 Å². The van der Waals surface area contributed by atoms with Gasteiger partial charge in [0.1, 0.15) is 0 Å². The summed E-state index contributed by atoms with van der Waals surface area (Å²) in [5.41, 5.74) is 5.38. The first-order valence-corrected chi connectivity index (χ1v) is 4.51. The van der Waals surface area contributed by atoms with Gasteiger partial charge < -0.3 is 11.1 Å². The Hall–Kier alpha value is -1.10. The lowest BCUT2D eigenvalue weighted by Crippen LogP contribution is -2.07. The van der Waals surface area contributed by atoms with Gasteiger partial charge in [-0.15, -0.1) is 0 Å². The number of unbranched alkanes of at least 4 members (excludes halogenated alkanes) is 1. The zero-order valence-electron chi connectivity index (χ0n) is 7.42. The molecule has 0 unspecified atom stereocenters. The Labute approximate surface area is 81.7 Å². The van der Waals surface area contributed by atoms with Gasteiger partial charge in [0.05, 0.1) is 0 Å². The van der Waals surface area contributed by atoms with E-state index in [0.29, 0.717) is 5.95 Å². The first kappa shape index (κ1) is 9.98. The quantitative estimate of drug-likeness (QED) is 0.719. The molecular weight excluding hydrogens is 190 g/mol. The SMILES string of the molecule is CCCCNc1nc(N)nc(Cl)n1. The van der Waals surface area contributed by atoms with E-state index in [1.165, 1.54) is 0 Å². The van der Waals surface area contributed by atoms with Gasteiger partial charge in [-0.1, -0.05) is 13.3 Å². The van der Waals surface area contributed by atoms with Crippen LogP contribution in [-0.4, -0.2) is 21.5 Å². The molecule has 3 N–H and O–H groups in total. The number of nitrogens with zero attached hydrogens (tertiary/aromatic N) is 3. The van der Waals surface area contributed by atoms with E-state index in [-0.39, 0.29) is 11.2 Å². The maximum Gasteiger partial charge on any atom is 0.228 e. The highest BCUT2D eigenvalue weighted by molar-refractivity contribution is 6.28. The highest BCUT2D eigenvalue weighted by atomic mass is 35.5. The number of nitrogens with one attached hydrogen (secondary N) is 1. The molecule has 0 aliphatic rings. The highest BCUT2D eigenvalue weighted by Gasteiger charge is 2.00. The van der Waals surface area contributed by atoms with Crippen LogP contribution in [-0.2, 0) is 0 Å². The first-order chi connectivity index (χ1) is 6.22. The van der Waals surface area contributed by atoms with E-state index in [1.807, 2.05) is 0 Å². The Balaban J connectivity index is 2.56. The van der Waals surface area contributed by atoms with Crippen molar-refractivity contribution in [1.29, 1.82) is 0 Å². The van der Waals surface area contributed by atoms with Crippen LogP contribution in [0.1, 0.15) is 19.8 Å². The third-order valence-electron chi connectivity index (χ3n) is 1.44. The summed E-state index contributed by atoms with van der Waals surface area (Å²) in [5.74, 6) is 0.574. The van der Waals surface area contributed by atoms with Crippen molar-refractivity contribution in [2.24, 2.45) is 0 Å². The fraction of sp³-hybridized carbons (Fsp3) is 0.571. The molecule has 72 valence electrons. The first-order valence-electron chi connectivity index (χ1n) is 4.13. The molecule has 0 atom stereocenters. The maximum absolute atomic E-state index is 5.58. The molecule has 0 saturated carbocycles. The van der Waals surface area contributed by atoms with Crippen molar-refractivity contribution in [2.75, 3.05) is 17.6 Å². The van der Waals surface area contributed by atoms with Gasteiger partial charge in [0, 0.05) is 6.54 Å². The lowest BCUT2D eigenvalue weighted by Gasteiger charge is -2.03. The molecule has 0 radical (unpaired) electrons. The van der Waals surface area contributed by atoms with E-state index in [1.54, 1.807) is 0 Å². The van der Waals surface area contributed by atoms with Gasteiger partial charge in [-0.05, 0) is 18.0 Å². The van der Waals surface area contributed by atoms with Crippen LogP contribution in [0, 0.1) is 0 Å². The van der Waals surface area contributed by atoms with E-state index in [9.17, 15) is 0 Å². The molecule has 6 heteroatoms. The maximum atomic E-state index is 5.58. The Morgan fingerprint density at radius 1 is 1.38 bits per heavy atom. The summed E-state index contributed by atoms with van der Waals surface area (Å²) in [4.78, 5) is 11.4. The molecule has 5 nitrogen and oxygen atoms in total. The van der Waals surface area contributed by atoms with Gasteiger partial charge in [0.15, 0.2) is 0 Å². The minimum absolute atomic E-state index is 0.117. The second kappa shape index (κ2) is 4.81. The van der Waals surface area contributed by atoms with Gasteiger partial charge in [0.25, 0.3) is 0 Å². The molecular formula is C7H12ClN5. The number of aromatic nitrogens is 3. The molecule has 0 spiro atoms. The van der Waals surface area contributed by atoms with E-state index in [4.69, 9.17) is 17.3 Å². The number of hydrogen-bond acceptors (Lipinski definition) is 5. The zero-order valence-corrected chi connectivity index (χ0v) is 8.17. The third kappa shape index (κ3) is 3.42. The number of halogens is 1. The second-order valence-electron chi connectivity index (χ2n) is 2.57. The number of nitrogens with two attached hydrogens (primary N) is 1. The number of rotatable bonds is 4. The predicted octanol–water partition coefficient (Wildman–Crippen LogP) is 1.32. The molecule has 0 aliphatic heterocycles. The van der Waals surface area contributed by atoms with E-state index in [2.05, 4.69) is 27.2 Å². The van der Waals surface area contributed by atoms with Crippen LogP contribution in [0.4, 0.5) is 11.9 Å². The molecule has 0 fully saturated rings. The number of anilines is 2. The van der Waals surface area contributed by atoms with Crippen LogP contribution in [0.15, 0.2) is 0 Å². The van der Waals surface area contributed by atoms with Crippen LogP contribution >= 0.6 is 11.6 Å². The van der Waals surface area contributed by atoms with Gasteiger partial charge in [-0.25, -0.2) is 0 Å². The van der Waals surface area contributed by atoms with Crippen molar-refractivity contribution in [3.05, 3.63) is 5.28 Å². The van der Waals surface area contributed by atoms with Crippen molar-refractivity contribution in [1.82, 2.24) is 15.0 Å². The molecule has 13 heavy (non-hydrogen) atoms. The Kier molecular flexibility index (Phi) is 3.70. The molecule has 0 aliphatic carbocycles. The van der Waals surface area contributed by atoms with Gasteiger partial charge in [-0.3, -0.25) is 0 Å². The highest BCUT2D eigenvalue weighted by Crippen LogP contribution is 2.06. The average Bonchev–Trinajstić information content (AvgIpc) is 2.03. The van der Waals surface area contributed by atoms with E-state index >= 15 is 0 Å². The summed E-state index contributed by atoms with van der Waals surface area (Å²) in [6.45, 7) is 2.92. The molecule has 1 aromatic rings. The normalized spacial score (nSPS) is 10.0. The lowest BCUT2D eigenvalue weighted by molar-refractivity contribution is 0.825. The number of nitrogen functional groups attached to an aromatic ring is 1. The molecule has 0 bridgehead atoms. The van der Waals surface area contributed by atoms with Gasteiger partial charge >= 0.3 is 0 Å². The van der Waals surface area contributed by atoms with Crippen molar-refractivity contribution in [2.45, 2.75) is 19.8 Å². The summed E-state index contributed by atoms with van der Waals surface area (Å²) in [6.07, 6.45) is 2.17. The average molecular weight is 202 g/mol. The minimum atomic E-state index is 0.117. The van der Waals surface area contributed by atoms with Crippen molar-refractivity contribution in [3.63, 3.8) is 0 Å². The largest absolute Gasteiger partial charge is 0.368 e. The summed E-state index contributed by atoms with van der Waals surface area (Å²) in [6, 6.07) is 0. The van der Waals surface area contributed by atoms with Crippen LogP contribution in [0.5, 0.6) is 0 Å². The molecule has 0 saturated heterocycles. The fourth-order valence-electron chi connectivity index (χ4n) is 0.821. The fourth-order valence-corrected chi connectivity index (χ4v) is 0.988. The third-order valence-corrected chi connectivity index (χ3v) is 1.61. The molecule has 1 aromatic heterocycles. The standard InChI is InChI=1S/C7H12ClN5/c1-2-3-4-10-7-12-5(8)11-6(9)13-7/h2-4H2,1H3,(H3,9,10,11,12,13). The zero-order chi connectivity index (χ0) is 9.68. The van der Waals surface area contributed by atoms with Crippen molar-refractivity contribution >= 4 is 23.5 Å². The van der Waals surface area contributed by atoms with E-state index < -0.39 is 0 Å². The van der Waals surface area contributed by atoms with Crippen molar-refractivity contribution < 1.29 is 0 Å². The summed E-state index contributed by atoms with van der Waals surface area (Å²) in [7, 11) is 0. The number of hydrogen-bond donors (Lipinski definition) is 2. The van der Waals surface area contributed by atoms with Crippen LogP contribution in [0.25, 0.3) is 0 Å². The summed E-state index contributed by atoms with van der Waals surface area (Å²) >= 11 is 5.58. The Bertz CT molecular complexity index is 257. The van der Waals surface area contributed by atoms with Gasteiger partial charge in [-0.2, -0.15) is 15.0 Å². The molecule has 1 heterocycles. The van der Waals surface area contributed by atoms with Gasteiger partial charge in [0.2, 0.25) is 17.2 Å². The van der Waals surface area contributed by atoms with E-state index in [0.717, 1.165) is 19.4 Å². The van der Waals surface area contributed by atoms with Crippen LogP contribution in [0.2, 0.25) is 5.28 Å². The minimum Gasteiger partial charge on any atom is -0.368 e. The molecule has 0 amide bonds. The smallest absolute Gasteiger partial charge is 0.228 e. The lowest BCUT2D eigenvalue weighted by atomic mass is 10.3. The Morgan fingerprint density at radius 2 is 2.15 bits per heavy atom. The second-order valence-corrected chi connectivity index (χ2v) is 2.90. The molecule has 0 aromatic carbocycles. The Morgan fingerprint density at radius 3 is 2.77 bits per heavy atom. The summed E-state index contributed by atoms with van der Waals surface area (Å²) in [5, 5.41) is 3.12. The van der Waals surface area contributed by atoms with Crippen molar-refractivity contribution in [3.8, 4) is 0 Å². The molecule has 1 rings (SSSR count). The van der Waals surface area contributed by atoms with Crippen LogP contribution in [0.3, 0.4) is 0 Å². The summed E-state index contributed by atoms with van der Waals surface area (Å²) < 4.78 is 0.